The molecule has 1 rings (SSSR count). The molecule has 0 atom stereocenters. The van der Waals surface area contributed by atoms with Crippen LogP contribution in [0.5, 0.6) is 0 Å². The van der Waals surface area contributed by atoms with E-state index in [-0.39, 0.29) is 0 Å². The lowest BCUT2D eigenvalue weighted by atomic mass is 10.2. The van der Waals surface area contributed by atoms with Crippen molar-refractivity contribution in [2.45, 2.75) is 33.1 Å². The molecule has 3 nitrogen and oxygen atoms in total. The maximum absolute atomic E-state index is 3.97. The molecule has 0 fully saturated rings. The van der Waals surface area contributed by atoms with Gasteiger partial charge in [0.2, 0.25) is 5.13 Å². The highest BCUT2D eigenvalue weighted by Crippen LogP contribution is 2.13. The van der Waals surface area contributed by atoms with Crippen molar-refractivity contribution < 1.29 is 0 Å². The molecule has 0 amide bonds. The second kappa shape index (κ2) is 5.09. The number of hydrogen-bond acceptors (Lipinski definition) is 4. The molecule has 0 aromatic carbocycles. The first-order chi connectivity index (χ1) is 5.83. The quantitative estimate of drug-likeness (QED) is 0.716. The standard InChI is InChI=1S/C8H15N3S/c1-3-4-5-6-9-8-11-10-7(2)12-8/h3-6H2,1-2H3,(H,9,11). The molecule has 0 saturated heterocycles. The van der Waals surface area contributed by atoms with E-state index in [9.17, 15) is 0 Å². The van der Waals surface area contributed by atoms with Crippen LogP contribution in [0.25, 0.3) is 0 Å². The van der Waals surface area contributed by atoms with Gasteiger partial charge in [-0.2, -0.15) is 0 Å². The fourth-order valence-electron chi connectivity index (χ4n) is 0.938. The Bertz CT molecular complexity index is 222. The van der Waals surface area contributed by atoms with Gasteiger partial charge >= 0.3 is 0 Å². The van der Waals surface area contributed by atoms with Crippen LogP contribution in [-0.4, -0.2) is 16.7 Å². The Morgan fingerprint density at radius 1 is 1.33 bits per heavy atom. The van der Waals surface area contributed by atoms with Crippen LogP contribution in [0.1, 0.15) is 31.2 Å². The van der Waals surface area contributed by atoms with Crippen molar-refractivity contribution in [3.8, 4) is 0 Å². The predicted octanol–water partition coefficient (Wildman–Crippen LogP) is 2.45. The van der Waals surface area contributed by atoms with Gasteiger partial charge in [0.25, 0.3) is 0 Å². The summed E-state index contributed by atoms with van der Waals surface area (Å²) in [6.45, 7) is 5.19. The summed E-state index contributed by atoms with van der Waals surface area (Å²) in [5.41, 5.74) is 0. The number of unbranched alkanes of at least 4 members (excludes halogenated alkanes) is 2. The first-order valence-electron chi connectivity index (χ1n) is 4.37. The van der Waals surface area contributed by atoms with Crippen molar-refractivity contribution >= 4 is 16.5 Å². The molecule has 1 heterocycles. The smallest absolute Gasteiger partial charge is 0.205 e. The first-order valence-corrected chi connectivity index (χ1v) is 5.18. The molecule has 0 unspecified atom stereocenters. The topological polar surface area (TPSA) is 37.8 Å². The fraction of sp³-hybridized carbons (Fsp3) is 0.750. The highest BCUT2D eigenvalue weighted by molar-refractivity contribution is 7.15. The summed E-state index contributed by atoms with van der Waals surface area (Å²) in [5, 5.41) is 13.1. The van der Waals surface area contributed by atoms with Gasteiger partial charge in [-0.1, -0.05) is 31.1 Å². The molecule has 0 aliphatic carbocycles. The molecule has 0 radical (unpaired) electrons. The average molecular weight is 185 g/mol. The Labute approximate surface area is 77.2 Å². The van der Waals surface area contributed by atoms with Gasteiger partial charge in [-0.25, -0.2) is 0 Å². The number of aryl methyl sites for hydroxylation is 1. The minimum absolute atomic E-state index is 0.948. The maximum Gasteiger partial charge on any atom is 0.205 e. The third kappa shape index (κ3) is 3.17. The summed E-state index contributed by atoms with van der Waals surface area (Å²) in [6.07, 6.45) is 3.76. The van der Waals surface area contributed by atoms with Crippen LogP contribution in [0.2, 0.25) is 0 Å². The molecule has 0 aliphatic heterocycles. The van der Waals surface area contributed by atoms with Crippen LogP contribution in [0.4, 0.5) is 5.13 Å². The van der Waals surface area contributed by atoms with E-state index < -0.39 is 0 Å². The van der Waals surface area contributed by atoms with E-state index in [4.69, 9.17) is 0 Å². The van der Waals surface area contributed by atoms with E-state index in [1.807, 2.05) is 6.92 Å². The molecule has 1 aromatic heterocycles. The number of nitrogens with zero attached hydrogens (tertiary/aromatic N) is 2. The normalized spacial score (nSPS) is 10.2. The molecular formula is C8H15N3S. The zero-order chi connectivity index (χ0) is 8.81. The Morgan fingerprint density at radius 2 is 2.17 bits per heavy atom. The van der Waals surface area contributed by atoms with E-state index in [2.05, 4.69) is 22.4 Å². The first kappa shape index (κ1) is 9.45. The molecule has 1 N–H and O–H groups in total. The van der Waals surface area contributed by atoms with Gasteiger partial charge in [0.15, 0.2) is 0 Å². The minimum atomic E-state index is 0.948. The summed E-state index contributed by atoms with van der Waals surface area (Å²) >= 11 is 1.61. The number of nitrogens with one attached hydrogen (secondary N) is 1. The van der Waals surface area contributed by atoms with Gasteiger partial charge in [-0.15, -0.1) is 10.2 Å². The summed E-state index contributed by atoms with van der Waals surface area (Å²) in [4.78, 5) is 0. The molecule has 12 heavy (non-hydrogen) atoms. The third-order valence-electron chi connectivity index (χ3n) is 1.58. The van der Waals surface area contributed by atoms with Crippen LogP contribution in [0, 0.1) is 6.92 Å². The molecule has 1 aromatic rings. The van der Waals surface area contributed by atoms with Crippen molar-refractivity contribution in [2.24, 2.45) is 0 Å². The number of aromatic nitrogens is 2. The molecule has 0 aliphatic rings. The van der Waals surface area contributed by atoms with Crippen molar-refractivity contribution in [2.75, 3.05) is 11.9 Å². The van der Waals surface area contributed by atoms with Crippen LogP contribution in [0.15, 0.2) is 0 Å². The van der Waals surface area contributed by atoms with E-state index in [1.165, 1.54) is 19.3 Å². The van der Waals surface area contributed by atoms with E-state index in [1.54, 1.807) is 11.3 Å². The highest BCUT2D eigenvalue weighted by Gasteiger charge is 1.97. The SMILES string of the molecule is CCCCCNc1nnc(C)s1. The van der Waals surface area contributed by atoms with Crippen LogP contribution in [-0.2, 0) is 0 Å². The van der Waals surface area contributed by atoms with Gasteiger partial charge in [0.05, 0.1) is 0 Å². The largest absolute Gasteiger partial charge is 0.360 e. The Kier molecular flexibility index (Phi) is 4.00. The monoisotopic (exact) mass is 185 g/mol. The summed E-state index contributed by atoms with van der Waals surface area (Å²) in [6, 6.07) is 0. The van der Waals surface area contributed by atoms with Crippen molar-refractivity contribution in [3.05, 3.63) is 5.01 Å². The van der Waals surface area contributed by atoms with Crippen LogP contribution in [0.3, 0.4) is 0 Å². The summed E-state index contributed by atoms with van der Waals surface area (Å²) in [7, 11) is 0. The molecular weight excluding hydrogens is 170 g/mol. The van der Waals surface area contributed by atoms with E-state index in [0.29, 0.717) is 0 Å². The summed E-state index contributed by atoms with van der Waals surface area (Å²) in [5.74, 6) is 0. The van der Waals surface area contributed by atoms with E-state index >= 15 is 0 Å². The Hall–Kier alpha value is -0.640. The van der Waals surface area contributed by atoms with Crippen LogP contribution < -0.4 is 5.32 Å². The molecule has 4 heteroatoms. The zero-order valence-electron chi connectivity index (χ0n) is 7.63. The molecule has 0 saturated carbocycles. The lowest BCUT2D eigenvalue weighted by Gasteiger charge is -1.98. The second-order valence-electron chi connectivity index (χ2n) is 2.76. The summed E-state index contributed by atoms with van der Waals surface area (Å²) < 4.78 is 0. The number of anilines is 1. The van der Waals surface area contributed by atoms with Gasteiger partial charge in [0, 0.05) is 6.54 Å². The van der Waals surface area contributed by atoms with Crippen molar-refractivity contribution in [3.63, 3.8) is 0 Å². The molecule has 0 bridgehead atoms. The second-order valence-corrected chi connectivity index (χ2v) is 3.94. The fourth-order valence-corrected chi connectivity index (χ4v) is 1.56. The van der Waals surface area contributed by atoms with Gasteiger partial charge in [-0.3, -0.25) is 0 Å². The van der Waals surface area contributed by atoms with Gasteiger partial charge in [-0.05, 0) is 13.3 Å². The number of rotatable bonds is 5. The zero-order valence-corrected chi connectivity index (χ0v) is 8.45. The molecule has 68 valence electrons. The Balaban J connectivity index is 2.15. The van der Waals surface area contributed by atoms with E-state index in [0.717, 1.165) is 16.7 Å². The lowest BCUT2D eigenvalue weighted by molar-refractivity contribution is 0.742. The molecule has 0 spiro atoms. The van der Waals surface area contributed by atoms with Crippen LogP contribution >= 0.6 is 11.3 Å². The third-order valence-corrected chi connectivity index (χ3v) is 2.38. The van der Waals surface area contributed by atoms with Gasteiger partial charge < -0.3 is 5.32 Å². The minimum Gasteiger partial charge on any atom is -0.360 e. The number of hydrogen-bond donors (Lipinski definition) is 1. The predicted molar refractivity (Wildman–Crippen MR) is 52.7 cm³/mol. The van der Waals surface area contributed by atoms with Gasteiger partial charge in [0.1, 0.15) is 5.01 Å². The Morgan fingerprint density at radius 3 is 2.75 bits per heavy atom. The maximum atomic E-state index is 3.97. The van der Waals surface area contributed by atoms with Crippen molar-refractivity contribution in [1.29, 1.82) is 0 Å². The van der Waals surface area contributed by atoms with Crippen molar-refractivity contribution in [1.82, 2.24) is 10.2 Å². The average Bonchev–Trinajstić information content (AvgIpc) is 2.45. The highest BCUT2D eigenvalue weighted by atomic mass is 32.1. The lowest BCUT2D eigenvalue weighted by Crippen LogP contribution is -2.00.